The fraction of sp³-hybridized carbons (Fsp3) is 0.286. The van der Waals surface area contributed by atoms with E-state index in [1.54, 1.807) is 10.9 Å². The van der Waals surface area contributed by atoms with Crippen molar-refractivity contribution in [2.75, 3.05) is 6.79 Å². The van der Waals surface area contributed by atoms with E-state index in [1.165, 1.54) is 5.56 Å². The van der Waals surface area contributed by atoms with Crippen molar-refractivity contribution in [1.29, 1.82) is 0 Å². The zero-order valence-corrected chi connectivity index (χ0v) is 21.3. The first-order valence-electron chi connectivity index (χ1n) is 12.6. The number of nitrogens with one attached hydrogen (secondary N) is 1. The minimum Gasteiger partial charge on any atom is -0.467 e. The fourth-order valence-corrected chi connectivity index (χ4v) is 4.90. The van der Waals surface area contributed by atoms with Gasteiger partial charge in [0.2, 0.25) is 6.79 Å². The lowest BCUT2D eigenvalue weighted by atomic mass is 10.1. The number of benzene rings is 2. The zero-order valence-electron chi connectivity index (χ0n) is 21.3. The minimum absolute atomic E-state index is 0.143. The van der Waals surface area contributed by atoms with Crippen LogP contribution in [0.1, 0.15) is 47.7 Å². The summed E-state index contributed by atoms with van der Waals surface area (Å²) in [5.41, 5.74) is 3.55. The average Bonchev–Trinajstić information content (AvgIpc) is 3.68. The second kappa shape index (κ2) is 10.1. The molecular formula is C28H28N6O4. The molecule has 194 valence electrons. The molecule has 10 nitrogen and oxygen atoms in total. The molecule has 1 N–H and O–H groups in total. The molecule has 10 heteroatoms. The minimum atomic E-state index is -0.145. The molecule has 0 amide bonds. The monoisotopic (exact) mass is 512 g/mol. The first-order chi connectivity index (χ1) is 18.6. The summed E-state index contributed by atoms with van der Waals surface area (Å²) in [7, 11) is 0. The van der Waals surface area contributed by atoms with Crippen molar-refractivity contribution in [3.63, 3.8) is 0 Å². The zero-order chi connectivity index (χ0) is 26.1. The molecule has 0 saturated heterocycles. The number of aromatic nitrogens is 5. The number of tetrazole rings is 1. The van der Waals surface area contributed by atoms with E-state index in [9.17, 15) is 4.79 Å². The van der Waals surface area contributed by atoms with Crippen molar-refractivity contribution in [3.05, 3.63) is 99.5 Å². The molecule has 0 radical (unpaired) electrons. The second-order valence-electron chi connectivity index (χ2n) is 9.51. The number of nitrogens with zero attached hydrogens (tertiary/aromatic N) is 5. The van der Waals surface area contributed by atoms with Crippen LogP contribution in [-0.2, 0) is 19.6 Å². The first kappa shape index (κ1) is 23.9. The Labute approximate surface area is 218 Å². The van der Waals surface area contributed by atoms with Crippen molar-refractivity contribution < 1.29 is 13.9 Å². The van der Waals surface area contributed by atoms with E-state index in [2.05, 4.69) is 63.5 Å². The summed E-state index contributed by atoms with van der Waals surface area (Å²) in [6.45, 7) is 5.79. The number of pyridine rings is 1. The van der Waals surface area contributed by atoms with Crippen LogP contribution < -0.4 is 15.0 Å². The standard InChI is InChI=1S/C28H28N6O4/c1-3-24(27-30-31-32-34(27)16-22-5-4-10-36-22)33(14-19-8-6-18(2)7-9-19)15-21-11-20-12-25-26(38-17-37-25)13-23(20)29-28(21)35/h4-13,24H,3,14-17H2,1-2H3,(H,29,35)/t24-/m0/s1. The van der Waals surface area contributed by atoms with Gasteiger partial charge in [0.15, 0.2) is 17.3 Å². The Balaban J connectivity index is 1.37. The van der Waals surface area contributed by atoms with Crippen molar-refractivity contribution >= 4 is 10.9 Å². The molecule has 1 atom stereocenters. The average molecular weight is 513 g/mol. The molecule has 5 aromatic rings. The van der Waals surface area contributed by atoms with Gasteiger partial charge in [-0.1, -0.05) is 36.8 Å². The van der Waals surface area contributed by atoms with Gasteiger partial charge in [0, 0.05) is 30.1 Å². The Morgan fingerprint density at radius 2 is 1.89 bits per heavy atom. The Kier molecular flexibility index (Phi) is 6.38. The molecule has 1 aliphatic rings. The van der Waals surface area contributed by atoms with E-state index in [0.29, 0.717) is 42.2 Å². The summed E-state index contributed by atoms with van der Waals surface area (Å²) in [5.74, 6) is 2.80. The Morgan fingerprint density at radius 1 is 1.08 bits per heavy atom. The lowest BCUT2D eigenvalue weighted by molar-refractivity contribution is 0.161. The van der Waals surface area contributed by atoms with Crippen LogP contribution in [0, 0.1) is 6.92 Å². The molecule has 0 unspecified atom stereocenters. The third kappa shape index (κ3) is 4.78. The highest BCUT2D eigenvalue weighted by Crippen LogP contribution is 2.35. The van der Waals surface area contributed by atoms with E-state index in [0.717, 1.165) is 29.0 Å². The predicted octanol–water partition coefficient (Wildman–Crippen LogP) is 4.35. The van der Waals surface area contributed by atoms with E-state index >= 15 is 0 Å². The van der Waals surface area contributed by atoms with Gasteiger partial charge in [-0.15, -0.1) is 5.10 Å². The molecule has 38 heavy (non-hydrogen) atoms. The predicted molar refractivity (Wildman–Crippen MR) is 140 cm³/mol. The maximum absolute atomic E-state index is 13.2. The van der Waals surface area contributed by atoms with E-state index in [-0.39, 0.29) is 18.4 Å². The molecular weight excluding hydrogens is 484 g/mol. The first-order valence-corrected chi connectivity index (χ1v) is 12.6. The molecule has 0 spiro atoms. The van der Waals surface area contributed by atoms with Crippen LogP contribution in [-0.4, -0.2) is 36.9 Å². The number of hydrogen-bond donors (Lipinski definition) is 1. The van der Waals surface area contributed by atoms with Crippen LogP contribution in [0.4, 0.5) is 0 Å². The maximum atomic E-state index is 13.2. The Bertz CT molecular complexity index is 1610. The number of hydrogen-bond acceptors (Lipinski definition) is 8. The van der Waals surface area contributed by atoms with Crippen LogP contribution in [0.3, 0.4) is 0 Å². The smallest absolute Gasteiger partial charge is 0.252 e. The second-order valence-corrected chi connectivity index (χ2v) is 9.51. The van der Waals surface area contributed by atoms with Gasteiger partial charge in [-0.3, -0.25) is 9.69 Å². The van der Waals surface area contributed by atoms with Crippen LogP contribution in [0.15, 0.2) is 70.1 Å². The van der Waals surface area contributed by atoms with Crippen molar-refractivity contribution in [3.8, 4) is 11.5 Å². The summed E-state index contributed by atoms with van der Waals surface area (Å²) in [6, 6.07) is 17.7. The van der Waals surface area contributed by atoms with Gasteiger partial charge in [-0.05, 0) is 53.6 Å². The highest BCUT2D eigenvalue weighted by Gasteiger charge is 2.27. The third-order valence-corrected chi connectivity index (χ3v) is 6.86. The molecule has 1 aliphatic heterocycles. The van der Waals surface area contributed by atoms with Gasteiger partial charge >= 0.3 is 0 Å². The van der Waals surface area contributed by atoms with Gasteiger partial charge in [0.25, 0.3) is 5.56 Å². The number of ether oxygens (including phenoxy) is 2. The van der Waals surface area contributed by atoms with E-state index in [4.69, 9.17) is 13.9 Å². The molecule has 0 aliphatic carbocycles. The number of fused-ring (bicyclic) bond motifs is 2. The van der Waals surface area contributed by atoms with E-state index < -0.39 is 0 Å². The van der Waals surface area contributed by atoms with Crippen molar-refractivity contribution in [1.82, 2.24) is 30.1 Å². The normalized spacial score (nSPS) is 13.4. The van der Waals surface area contributed by atoms with Gasteiger partial charge in [0.05, 0.1) is 17.8 Å². The van der Waals surface area contributed by atoms with Gasteiger partial charge in [-0.2, -0.15) is 0 Å². The van der Waals surface area contributed by atoms with Gasteiger partial charge < -0.3 is 18.9 Å². The highest BCUT2D eigenvalue weighted by molar-refractivity contribution is 5.83. The number of aromatic amines is 1. The molecule has 0 bridgehead atoms. The fourth-order valence-electron chi connectivity index (χ4n) is 4.90. The molecule has 6 rings (SSSR count). The summed E-state index contributed by atoms with van der Waals surface area (Å²) in [6.07, 6.45) is 2.38. The molecule has 0 saturated carbocycles. The number of aryl methyl sites for hydroxylation is 1. The summed E-state index contributed by atoms with van der Waals surface area (Å²) in [5, 5.41) is 13.5. The van der Waals surface area contributed by atoms with Gasteiger partial charge in [0.1, 0.15) is 12.3 Å². The summed E-state index contributed by atoms with van der Waals surface area (Å²) < 4.78 is 18.3. The largest absolute Gasteiger partial charge is 0.467 e. The Morgan fingerprint density at radius 3 is 2.66 bits per heavy atom. The van der Waals surface area contributed by atoms with Crippen LogP contribution in [0.5, 0.6) is 11.5 Å². The number of furan rings is 1. The number of rotatable bonds is 9. The van der Waals surface area contributed by atoms with Crippen LogP contribution in [0.25, 0.3) is 10.9 Å². The highest BCUT2D eigenvalue weighted by atomic mass is 16.7. The van der Waals surface area contributed by atoms with Crippen molar-refractivity contribution in [2.24, 2.45) is 0 Å². The molecule has 4 heterocycles. The summed E-state index contributed by atoms with van der Waals surface area (Å²) in [4.78, 5) is 18.5. The maximum Gasteiger partial charge on any atom is 0.252 e. The molecule has 3 aromatic heterocycles. The SMILES string of the molecule is CC[C@@H](c1nnnn1Cc1ccco1)N(Cc1ccc(C)cc1)Cc1cc2cc3c(cc2[nH]c1=O)OCO3. The van der Waals surface area contributed by atoms with Gasteiger partial charge in [-0.25, -0.2) is 4.68 Å². The third-order valence-electron chi connectivity index (χ3n) is 6.86. The molecule has 0 fully saturated rings. The lowest BCUT2D eigenvalue weighted by Gasteiger charge is -2.30. The van der Waals surface area contributed by atoms with Crippen LogP contribution >= 0.6 is 0 Å². The number of H-pyrrole nitrogens is 1. The lowest BCUT2D eigenvalue weighted by Crippen LogP contribution is -2.32. The van der Waals surface area contributed by atoms with Crippen LogP contribution in [0.2, 0.25) is 0 Å². The van der Waals surface area contributed by atoms with E-state index in [1.807, 2.05) is 30.3 Å². The molecule has 2 aromatic carbocycles. The quantitative estimate of drug-likeness (QED) is 0.310. The topological polar surface area (TPSA) is 111 Å². The van der Waals surface area contributed by atoms with Crippen molar-refractivity contribution in [2.45, 2.75) is 45.9 Å². The Hall–Kier alpha value is -4.44. The summed E-state index contributed by atoms with van der Waals surface area (Å²) >= 11 is 0.